The summed E-state index contributed by atoms with van der Waals surface area (Å²) in [6.45, 7) is 1.19. The molecule has 0 aromatic rings. The molecule has 2 N–H and O–H groups in total. The lowest BCUT2D eigenvalue weighted by molar-refractivity contribution is -0.135. The Balaban J connectivity index is 2.09. The van der Waals surface area contributed by atoms with Crippen molar-refractivity contribution in [3.63, 3.8) is 0 Å². The first-order valence-electron chi connectivity index (χ1n) is 7.22. The Morgan fingerprint density at radius 3 is 2.38 bits per heavy atom. The molecule has 0 aromatic heterocycles. The summed E-state index contributed by atoms with van der Waals surface area (Å²) in [6, 6.07) is 0.596. The number of rotatable bonds is 11. The van der Waals surface area contributed by atoms with Gasteiger partial charge in [0.25, 0.3) is 10.2 Å². The predicted molar refractivity (Wildman–Crippen MR) is 75.1 cm³/mol. The maximum Gasteiger partial charge on any atom is 0.389 e. The van der Waals surface area contributed by atoms with Crippen LogP contribution in [0.2, 0.25) is 0 Å². The number of unbranched alkanes of at least 4 members (excludes halogenated alkanes) is 1. The third kappa shape index (κ3) is 9.28. The Morgan fingerprint density at radius 2 is 1.81 bits per heavy atom. The summed E-state index contributed by atoms with van der Waals surface area (Å²) in [6.07, 6.45) is -1.86. The van der Waals surface area contributed by atoms with Gasteiger partial charge in [0.2, 0.25) is 0 Å². The topological polar surface area (TPSA) is 61.4 Å². The molecule has 1 aliphatic rings. The molecule has 0 amide bonds. The molecule has 21 heavy (non-hydrogen) atoms. The van der Waals surface area contributed by atoms with Crippen LogP contribution in [0.1, 0.15) is 38.5 Å². The standard InChI is InChI=1S/C12H24F3N3O2S/c1-18(10-4-8-16-11-5-6-11)21(19,20)17-9-3-2-7-12(13,14)15/h11,16-17H,2-10H2,1H3. The van der Waals surface area contributed by atoms with Crippen LogP contribution in [0, 0.1) is 0 Å². The minimum absolute atomic E-state index is 0.0308. The van der Waals surface area contributed by atoms with Crippen molar-refractivity contribution in [2.75, 3.05) is 26.7 Å². The van der Waals surface area contributed by atoms with E-state index < -0.39 is 22.8 Å². The van der Waals surface area contributed by atoms with Gasteiger partial charge >= 0.3 is 6.18 Å². The van der Waals surface area contributed by atoms with E-state index in [-0.39, 0.29) is 19.4 Å². The lowest BCUT2D eigenvalue weighted by Crippen LogP contribution is -2.39. The van der Waals surface area contributed by atoms with Gasteiger partial charge in [-0.1, -0.05) is 0 Å². The van der Waals surface area contributed by atoms with Crippen LogP contribution >= 0.6 is 0 Å². The first-order chi connectivity index (χ1) is 9.71. The second-order valence-electron chi connectivity index (χ2n) is 5.38. The molecule has 1 fully saturated rings. The number of hydrogen-bond donors (Lipinski definition) is 2. The molecule has 0 heterocycles. The monoisotopic (exact) mass is 331 g/mol. The van der Waals surface area contributed by atoms with Gasteiger partial charge in [-0.05, 0) is 38.6 Å². The Morgan fingerprint density at radius 1 is 1.14 bits per heavy atom. The van der Waals surface area contributed by atoms with Crippen LogP contribution in [0.25, 0.3) is 0 Å². The molecule has 0 aromatic carbocycles. The van der Waals surface area contributed by atoms with Crippen LogP contribution in [0.4, 0.5) is 13.2 Å². The zero-order chi connectivity index (χ0) is 15.9. The van der Waals surface area contributed by atoms with Crippen molar-refractivity contribution in [1.29, 1.82) is 0 Å². The fourth-order valence-corrected chi connectivity index (χ4v) is 2.77. The molecular formula is C12H24F3N3O2S. The van der Waals surface area contributed by atoms with Crippen molar-refractivity contribution in [3.05, 3.63) is 0 Å². The van der Waals surface area contributed by atoms with Gasteiger partial charge in [-0.15, -0.1) is 0 Å². The highest BCUT2D eigenvalue weighted by molar-refractivity contribution is 7.87. The van der Waals surface area contributed by atoms with Crippen molar-refractivity contribution < 1.29 is 21.6 Å². The fourth-order valence-electron chi connectivity index (χ4n) is 1.78. The lowest BCUT2D eigenvalue weighted by Gasteiger charge is -2.17. The smallest absolute Gasteiger partial charge is 0.314 e. The summed E-state index contributed by atoms with van der Waals surface area (Å²) in [4.78, 5) is 0. The predicted octanol–water partition coefficient (Wildman–Crippen LogP) is 1.63. The van der Waals surface area contributed by atoms with E-state index in [4.69, 9.17) is 0 Å². The fraction of sp³-hybridized carbons (Fsp3) is 1.00. The van der Waals surface area contributed by atoms with Crippen molar-refractivity contribution in [3.8, 4) is 0 Å². The highest BCUT2D eigenvalue weighted by Crippen LogP contribution is 2.21. The molecular weight excluding hydrogens is 307 g/mol. The SMILES string of the molecule is CN(CCCNC1CC1)S(=O)(=O)NCCCCC(F)(F)F. The van der Waals surface area contributed by atoms with E-state index >= 15 is 0 Å². The highest BCUT2D eigenvalue weighted by Gasteiger charge is 2.26. The second kappa shape index (κ2) is 8.30. The van der Waals surface area contributed by atoms with Crippen LogP contribution in [-0.4, -0.2) is 51.6 Å². The first-order valence-corrected chi connectivity index (χ1v) is 8.66. The maximum atomic E-state index is 11.9. The maximum absolute atomic E-state index is 11.9. The minimum Gasteiger partial charge on any atom is -0.314 e. The van der Waals surface area contributed by atoms with Gasteiger partial charge < -0.3 is 5.32 Å². The van der Waals surface area contributed by atoms with E-state index in [9.17, 15) is 21.6 Å². The number of alkyl halides is 3. The number of nitrogens with zero attached hydrogens (tertiary/aromatic N) is 1. The summed E-state index contributed by atoms with van der Waals surface area (Å²) >= 11 is 0. The van der Waals surface area contributed by atoms with Gasteiger partial charge in [-0.3, -0.25) is 0 Å². The van der Waals surface area contributed by atoms with Gasteiger partial charge in [-0.25, -0.2) is 4.72 Å². The first kappa shape index (κ1) is 18.7. The van der Waals surface area contributed by atoms with Gasteiger partial charge in [0.1, 0.15) is 0 Å². The zero-order valence-electron chi connectivity index (χ0n) is 12.2. The third-order valence-electron chi connectivity index (χ3n) is 3.24. The molecule has 126 valence electrons. The Hall–Kier alpha value is -0.380. The van der Waals surface area contributed by atoms with E-state index in [0.29, 0.717) is 19.0 Å². The largest absolute Gasteiger partial charge is 0.389 e. The summed E-state index contributed by atoms with van der Waals surface area (Å²) in [7, 11) is -2.12. The summed E-state index contributed by atoms with van der Waals surface area (Å²) in [5.74, 6) is 0. The molecule has 9 heteroatoms. The Kier molecular flexibility index (Phi) is 7.38. The normalized spacial score (nSPS) is 16.6. The summed E-state index contributed by atoms with van der Waals surface area (Å²) in [5, 5.41) is 3.29. The molecule has 0 spiro atoms. The van der Waals surface area contributed by atoms with Crippen LogP contribution < -0.4 is 10.0 Å². The van der Waals surface area contributed by atoms with E-state index in [2.05, 4.69) is 10.0 Å². The van der Waals surface area contributed by atoms with Crippen LogP contribution in [0.5, 0.6) is 0 Å². The van der Waals surface area contributed by atoms with Crippen LogP contribution in [-0.2, 0) is 10.2 Å². The highest BCUT2D eigenvalue weighted by atomic mass is 32.2. The molecule has 0 aliphatic heterocycles. The minimum atomic E-state index is -4.18. The number of hydrogen-bond acceptors (Lipinski definition) is 3. The van der Waals surface area contributed by atoms with Gasteiger partial charge in [-0.2, -0.15) is 25.9 Å². The van der Waals surface area contributed by atoms with E-state index in [1.165, 1.54) is 24.2 Å². The molecule has 1 aliphatic carbocycles. The second-order valence-corrected chi connectivity index (χ2v) is 7.24. The van der Waals surface area contributed by atoms with Crippen molar-refractivity contribution in [2.24, 2.45) is 0 Å². The average Bonchev–Trinajstić information content (AvgIpc) is 3.16. The van der Waals surface area contributed by atoms with Gasteiger partial charge in [0, 0.05) is 32.6 Å². The van der Waals surface area contributed by atoms with Crippen molar-refractivity contribution >= 4 is 10.2 Å². The molecule has 0 unspecified atom stereocenters. The molecule has 1 saturated carbocycles. The summed E-state index contributed by atoms with van der Waals surface area (Å²) in [5.41, 5.74) is 0. The molecule has 0 radical (unpaired) electrons. The van der Waals surface area contributed by atoms with E-state index in [1.807, 2.05) is 0 Å². The third-order valence-corrected chi connectivity index (χ3v) is 4.81. The zero-order valence-corrected chi connectivity index (χ0v) is 13.1. The number of halogens is 3. The molecule has 0 saturated heterocycles. The van der Waals surface area contributed by atoms with Gasteiger partial charge in [0.05, 0.1) is 0 Å². The van der Waals surface area contributed by atoms with Gasteiger partial charge in [0.15, 0.2) is 0 Å². The van der Waals surface area contributed by atoms with E-state index in [0.717, 1.165) is 6.54 Å². The van der Waals surface area contributed by atoms with Crippen molar-refractivity contribution in [2.45, 2.75) is 50.7 Å². The van der Waals surface area contributed by atoms with Crippen LogP contribution in [0.15, 0.2) is 0 Å². The quantitative estimate of drug-likeness (QED) is 0.566. The Bertz CT molecular complexity index is 397. The van der Waals surface area contributed by atoms with Crippen molar-refractivity contribution in [1.82, 2.24) is 14.3 Å². The molecule has 0 atom stereocenters. The Labute approximate surface area is 124 Å². The number of nitrogens with one attached hydrogen (secondary N) is 2. The molecule has 0 bridgehead atoms. The molecule has 1 rings (SSSR count). The average molecular weight is 331 g/mol. The lowest BCUT2D eigenvalue weighted by atomic mass is 10.2. The van der Waals surface area contributed by atoms with E-state index in [1.54, 1.807) is 0 Å². The van der Waals surface area contributed by atoms with Crippen LogP contribution in [0.3, 0.4) is 0 Å². The molecule has 5 nitrogen and oxygen atoms in total. The summed E-state index contributed by atoms with van der Waals surface area (Å²) < 4.78 is 62.9.